The fraction of sp³-hybridized carbons (Fsp3) is 0.200. The highest BCUT2D eigenvalue weighted by molar-refractivity contribution is 7.92. The molecular formula is C15H18N2O2S. The van der Waals surface area contributed by atoms with Gasteiger partial charge in [-0.05, 0) is 42.8 Å². The lowest BCUT2D eigenvalue weighted by Crippen LogP contribution is -2.12. The number of benzene rings is 2. The van der Waals surface area contributed by atoms with E-state index in [1.54, 1.807) is 48.5 Å². The molecule has 0 radical (unpaired) electrons. The van der Waals surface area contributed by atoms with E-state index in [0.717, 1.165) is 18.7 Å². The molecule has 0 heterocycles. The van der Waals surface area contributed by atoms with Crippen molar-refractivity contribution in [1.82, 2.24) is 0 Å². The first kappa shape index (κ1) is 14.4. The van der Waals surface area contributed by atoms with Crippen LogP contribution in [0.1, 0.15) is 13.3 Å². The van der Waals surface area contributed by atoms with E-state index in [0.29, 0.717) is 5.69 Å². The Morgan fingerprint density at radius 3 is 2.15 bits per heavy atom. The molecule has 0 unspecified atom stereocenters. The van der Waals surface area contributed by atoms with E-state index in [1.807, 2.05) is 6.07 Å². The number of rotatable bonds is 6. The van der Waals surface area contributed by atoms with Crippen LogP contribution in [0.4, 0.5) is 11.4 Å². The van der Waals surface area contributed by atoms with E-state index >= 15 is 0 Å². The van der Waals surface area contributed by atoms with Gasteiger partial charge in [-0.1, -0.05) is 25.1 Å². The second-order valence-electron chi connectivity index (χ2n) is 4.42. The molecule has 0 aliphatic carbocycles. The number of nitrogens with one attached hydrogen (secondary N) is 2. The van der Waals surface area contributed by atoms with Gasteiger partial charge in [-0.15, -0.1) is 0 Å². The summed E-state index contributed by atoms with van der Waals surface area (Å²) >= 11 is 0. The molecule has 0 saturated heterocycles. The Morgan fingerprint density at radius 2 is 1.55 bits per heavy atom. The van der Waals surface area contributed by atoms with Gasteiger partial charge < -0.3 is 5.32 Å². The van der Waals surface area contributed by atoms with Gasteiger partial charge in [0.1, 0.15) is 0 Å². The van der Waals surface area contributed by atoms with Crippen molar-refractivity contribution in [2.24, 2.45) is 0 Å². The second-order valence-corrected chi connectivity index (χ2v) is 6.11. The van der Waals surface area contributed by atoms with Crippen molar-refractivity contribution in [3.05, 3.63) is 54.6 Å². The maximum atomic E-state index is 12.2. The lowest BCUT2D eigenvalue weighted by Gasteiger charge is -2.09. The number of hydrogen-bond acceptors (Lipinski definition) is 3. The summed E-state index contributed by atoms with van der Waals surface area (Å²) in [6, 6.07) is 15.6. The van der Waals surface area contributed by atoms with E-state index in [-0.39, 0.29) is 4.90 Å². The molecule has 0 aliphatic heterocycles. The molecule has 4 nitrogen and oxygen atoms in total. The maximum Gasteiger partial charge on any atom is 0.261 e. The van der Waals surface area contributed by atoms with Crippen LogP contribution in [0.2, 0.25) is 0 Å². The molecule has 2 aromatic rings. The predicted molar refractivity (Wildman–Crippen MR) is 82.5 cm³/mol. The second kappa shape index (κ2) is 6.43. The molecule has 0 aromatic heterocycles. The highest BCUT2D eigenvalue weighted by atomic mass is 32.2. The van der Waals surface area contributed by atoms with Crippen molar-refractivity contribution in [1.29, 1.82) is 0 Å². The molecule has 0 bridgehead atoms. The third kappa shape index (κ3) is 3.74. The Morgan fingerprint density at radius 1 is 0.900 bits per heavy atom. The summed E-state index contributed by atoms with van der Waals surface area (Å²) in [5, 5.41) is 3.21. The first-order valence-corrected chi connectivity index (χ1v) is 8.02. The summed E-state index contributed by atoms with van der Waals surface area (Å²) < 4.78 is 26.9. The molecule has 0 spiro atoms. The van der Waals surface area contributed by atoms with Gasteiger partial charge in [-0.3, -0.25) is 4.72 Å². The summed E-state index contributed by atoms with van der Waals surface area (Å²) in [6.45, 7) is 2.95. The zero-order chi connectivity index (χ0) is 14.4. The van der Waals surface area contributed by atoms with Crippen molar-refractivity contribution in [3.63, 3.8) is 0 Å². The Labute approximate surface area is 119 Å². The molecule has 0 aliphatic rings. The third-order valence-electron chi connectivity index (χ3n) is 2.77. The lowest BCUT2D eigenvalue weighted by molar-refractivity contribution is 0.601. The van der Waals surface area contributed by atoms with Crippen LogP contribution in [0, 0.1) is 0 Å². The standard InChI is InChI=1S/C15H18N2O2S/c1-2-12-16-13-8-10-15(11-9-13)20(18,19)17-14-6-4-3-5-7-14/h3-11,16-17H,2,12H2,1H3. The molecule has 106 valence electrons. The lowest BCUT2D eigenvalue weighted by atomic mass is 10.3. The zero-order valence-corrected chi connectivity index (χ0v) is 12.2. The molecule has 20 heavy (non-hydrogen) atoms. The molecule has 0 fully saturated rings. The normalized spacial score (nSPS) is 11.1. The molecule has 2 N–H and O–H groups in total. The zero-order valence-electron chi connectivity index (χ0n) is 11.3. The fourth-order valence-corrected chi connectivity index (χ4v) is 2.80. The molecule has 5 heteroatoms. The van der Waals surface area contributed by atoms with E-state index in [4.69, 9.17) is 0 Å². The van der Waals surface area contributed by atoms with Crippen molar-refractivity contribution in [2.75, 3.05) is 16.6 Å². The van der Waals surface area contributed by atoms with Gasteiger partial charge in [-0.25, -0.2) is 8.42 Å². The Balaban J connectivity index is 2.13. The van der Waals surface area contributed by atoms with Gasteiger partial charge in [-0.2, -0.15) is 0 Å². The summed E-state index contributed by atoms with van der Waals surface area (Å²) in [4.78, 5) is 0.253. The Hall–Kier alpha value is -2.01. The summed E-state index contributed by atoms with van der Waals surface area (Å²) in [7, 11) is -3.53. The maximum absolute atomic E-state index is 12.2. The van der Waals surface area contributed by atoms with Crippen LogP contribution in [-0.2, 0) is 10.0 Å². The van der Waals surface area contributed by atoms with E-state index in [1.165, 1.54) is 0 Å². The van der Waals surface area contributed by atoms with Gasteiger partial charge in [0.2, 0.25) is 0 Å². The van der Waals surface area contributed by atoms with E-state index < -0.39 is 10.0 Å². The number of para-hydroxylation sites is 1. The summed E-state index contributed by atoms with van der Waals surface area (Å²) in [5.74, 6) is 0. The molecule has 0 amide bonds. The van der Waals surface area contributed by atoms with Crippen LogP contribution in [0.15, 0.2) is 59.5 Å². The number of sulfonamides is 1. The van der Waals surface area contributed by atoms with Crippen LogP contribution >= 0.6 is 0 Å². The van der Waals surface area contributed by atoms with Gasteiger partial charge in [0.05, 0.1) is 4.90 Å². The molecule has 2 aromatic carbocycles. The largest absolute Gasteiger partial charge is 0.385 e. The van der Waals surface area contributed by atoms with Crippen LogP contribution in [0.5, 0.6) is 0 Å². The van der Waals surface area contributed by atoms with Crippen LogP contribution in [0.25, 0.3) is 0 Å². The fourth-order valence-electron chi connectivity index (χ4n) is 1.74. The minimum absolute atomic E-state index is 0.253. The van der Waals surface area contributed by atoms with Gasteiger partial charge in [0, 0.05) is 17.9 Å². The van der Waals surface area contributed by atoms with Gasteiger partial charge >= 0.3 is 0 Å². The molecule has 0 atom stereocenters. The van der Waals surface area contributed by atoms with Crippen LogP contribution in [-0.4, -0.2) is 15.0 Å². The summed E-state index contributed by atoms with van der Waals surface area (Å²) in [6.07, 6.45) is 1.02. The quantitative estimate of drug-likeness (QED) is 0.858. The number of hydrogen-bond donors (Lipinski definition) is 2. The first-order valence-electron chi connectivity index (χ1n) is 6.53. The monoisotopic (exact) mass is 290 g/mol. The van der Waals surface area contributed by atoms with Crippen molar-refractivity contribution >= 4 is 21.4 Å². The number of anilines is 2. The SMILES string of the molecule is CCCNc1ccc(S(=O)(=O)Nc2ccccc2)cc1. The molecular weight excluding hydrogens is 272 g/mol. The average molecular weight is 290 g/mol. The van der Waals surface area contributed by atoms with Crippen molar-refractivity contribution in [2.45, 2.75) is 18.2 Å². The van der Waals surface area contributed by atoms with Gasteiger partial charge in [0.15, 0.2) is 0 Å². The third-order valence-corrected chi connectivity index (χ3v) is 4.17. The minimum Gasteiger partial charge on any atom is -0.385 e. The predicted octanol–water partition coefficient (Wildman–Crippen LogP) is 3.31. The van der Waals surface area contributed by atoms with Crippen molar-refractivity contribution < 1.29 is 8.42 Å². The van der Waals surface area contributed by atoms with E-state index in [9.17, 15) is 8.42 Å². The van der Waals surface area contributed by atoms with E-state index in [2.05, 4.69) is 17.0 Å². The highest BCUT2D eigenvalue weighted by Crippen LogP contribution is 2.17. The highest BCUT2D eigenvalue weighted by Gasteiger charge is 2.13. The molecule has 0 saturated carbocycles. The van der Waals surface area contributed by atoms with Gasteiger partial charge in [0.25, 0.3) is 10.0 Å². The Kier molecular flexibility index (Phi) is 4.63. The van der Waals surface area contributed by atoms with Crippen LogP contribution < -0.4 is 10.0 Å². The van der Waals surface area contributed by atoms with Crippen molar-refractivity contribution in [3.8, 4) is 0 Å². The topological polar surface area (TPSA) is 58.2 Å². The smallest absolute Gasteiger partial charge is 0.261 e. The van der Waals surface area contributed by atoms with Crippen LogP contribution in [0.3, 0.4) is 0 Å². The first-order chi connectivity index (χ1) is 9.62. The minimum atomic E-state index is -3.53. The molecule has 2 rings (SSSR count). The average Bonchev–Trinajstić information content (AvgIpc) is 2.46. The Bertz CT molecular complexity index is 637. The summed E-state index contributed by atoms with van der Waals surface area (Å²) in [5.41, 5.74) is 1.48.